The predicted molar refractivity (Wildman–Crippen MR) is 76.4 cm³/mol. The fourth-order valence-electron chi connectivity index (χ4n) is 3.45. The number of hydrogen-bond acceptors (Lipinski definition) is 2. The van der Waals surface area contributed by atoms with Crippen LogP contribution in [0.5, 0.6) is 0 Å². The minimum atomic E-state index is 0.606. The molecule has 1 atom stereocenters. The monoisotopic (exact) mass is 240 g/mol. The van der Waals surface area contributed by atoms with Crippen molar-refractivity contribution in [1.29, 1.82) is 0 Å². The van der Waals surface area contributed by atoms with Gasteiger partial charge in [-0.3, -0.25) is 0 Å². The van der Waals surface area contributed by atoms with Crippen LogP contribution in [0, 0.1) is 11.3 Å². The molecule has 1 fully saturated rings. The SMILES string of the molecule is CC(C)CC1(CNC(C)CN(C)C)CCCC1. The largest absolute Gasteiger partial charge is 0.312 e. The first-order chi connectivity index (χ1) is 7.93. The third kappa shape index (κ3) is 5.39. The van der Waals surface area contributed by atoms with Crippen molar-refractivity contribution in [2.75, 3.05) is 27.2 Å². The Morgan fingerprint density at radius 1 is 1.12 bits per heavy atom. The van der Waals surface area contributed by atoms with Crippen LogP contribution in [0.1, 0.15) is 52.9 Å². The molecule has 1 rings (SSSR count). The second-order valence-corrected chi connectivity index (χ2v) is 6.85. The quantitative estimate of drug-likeness (QED) is 0.735. The molecule has 2 nitrogen and oxygen atoms in total. The average molecular weight is 240 g/mol. The summed E-state index contributed by atoms with van der Waals surface area (Å²) >= 11 is 0. The molecule has 0 saturated heterocycles. The first kappa shape index (κ1) is 15.0. The van der Waals surface area contributed by atoms with Gasteiger partial charge < -0.3 is 10.2 Å². The molecule has 0 spiro atoms. The van der Waals surface area contributed by atoms with Crippen molar-refractivity contribution in [2.24, 2.45) is 11.3 Å². The number of rotatable bonds is 7. The molecule has 1 saturated carbocycles. The van der Waals surface area contributed by atoms with Gasteiger partial charge in [0.1, 0.15) is 0 Å². The smallest absolute Gasteiger partial charge is 0.0166 e. The number of nitrogens with one attached hydrogen (secondary N) is 1. The molecular formula is C15H32N2. The zero-order valence-electron chi connectivity index (χ0n) is 12.6. The summed E-state index contributed by atoms with van der Waals surface area (Å²) < 4.78 is 0. The summed E-state index contributed by atoms with van der Waals surface area (Å²) in [4.78, 5) is 2.27. The highest BCUT2D eigenvalue weighted by Crippen LogP contribution is 2.42. The van der Waals surface area contributed by atoms with Gasteiger partial charge in [0.25, 0.3) is 0 Å². The van der Waals surface area contributed by atoms with Crippen LogP contribution >= 0.6 is 0 Å². The van der Waals surface area contributed by atoms with E-state index in [0.717, 1.165) is 12.5 Å². The van der Waals surface area contributed by atoms with Crippen molar-refractivity contribution in [3.8, 4) is 0 Å². The molecule has 0 bridgehead atoms. The van der Waals surface area contributed by atoms with E-state index >= 15 is 0 Å². The highest BCUT2D eigenvalue weighted by molar-refractivity contribution is 4.88. The molecule has 1 unspecified atom stereocenters. The van der Waals surface area contributed by atoms with Crippen molar-refractivity contribution in [3.63, 3.8) is 0 Å². The summed E-state index contributed by atoms with van der Waals surface area (Å²) in [5.41, 5.74) is 0.606. The fraction of sp³-hybridized carbons (Fsp3) is 1.00. The summed E-state index contributed by atoms with van der Waals surface area (Å²) in [5.74, 6) is 0.832. The lowest BCUT2D eigenvalue weighted by Gasteiger charge is -2.33. The summed E-state index contributed by atoms with van der Waals surface area (Å²) in [6.07, 6.45) is 7.15. The zero-order valence-corrected chi connectivity index (χ0v) is 12.6. The number of nitrogens with zero attached hydrogens (tertiary/aromatic N) is 1. The van der Waals surface area contributed by atoms with E-state index in [4.69, 9.17) is 0 Å². The van der Waals surface area contributed by atoms with Crippen LogP contribution in [0.25, 0.3) is 0 Å². The molecule has 0 heterocycles. The van der Waals surface area contributed by atoms with Crippen molar-refractivity contribution in [3.05, 3.63) is 0 Å². The van der Waals surface area contributed by atoms with E-state index in [1.807, 2.05) is 0 Å². The lowest BCUT2D eigenvalue weighted by atomic mass is 9.78. The Kier molecular flexibility index (Phi) is 5.94. The maximum atomic E-state index is 3.76. The van der Waals surface area contributed by atoms with Crippen LogP contribution in [0.4, 0.5) is 0 Å². The van der Waals surface area contributed by atoms with Crippen molar-refractivity contribution < 1.29 is 0 Å². The van der Waals surface area contributed by atoms with Crippen LogP contribution in [-0.4, -0.2) is 38.1 Å². The molecule has 0 aromatic heterocycles. The van der Waals surface area contributed by atoms with Gasteiger partial charge in [0.15, 0.2) is 0 Å². The molecule has 0 aliphatic heterocycles. The van der Waals surface area contributed by atoms with E-state index in [1.54, 1.807) is 0 Å². The van der Waals surface area contributed by atoms with Gasteiger partial charge in [-0.15, -0.1) is 0 Å². The van der Waals surface area contributed by atoms with Gasteiger partial charge >= 0.3 is 0 Å². The van der Waals surface area contributed by atoms with E-state index in [-0.39, 0.29) is 0 Å². The van der Waals surface area contributed by atoms with Gasteiger partial charge in [-0.2, -0.15) is 0 Å². The van der Waals surface area contributed by atoms with Crippen molar-refractivity contribution in [1.82, 2.24) is 10.2 Å². The molecule has 17 heavy (non-hydrogen) atoms. The standard InChI is InChI=1S/C15H32N2/c1-13(2)10-15(8-6-7-9-15)12-16-14(3)11-17(4)5/h13-14,16H,6-12H2,1-5H3. The lowest BCUT2D eigenvalue weighted by Crippen LogP contribution is -2.42. The maximum absolute atomic E-state index is 3.76. The number of likely N-dealkylation sites (N-methyl/N-ethyl adjacent to an activating group) is 1. The Morgan fingerprint density at radius 3 is 2.18 bits per heavy atom. The van der Waals surface area contributed by atoms with Gasteiger partial charge in [0.05, 0.1) is 0 Å². The van der Waals surface area contributed by atoms with Gasteiger partial charge in [-0.05, 0) is 51.6 Å². The van der Waals surface area contributed by atoms with Crippen LogP contribution in [0.2, 0.25) is 0 Å². The summed E-state index contributed by atoms with van der Waals surface area (Å²) in [6.45, 7) is 9.39. The van der Waals surface area contributed by atoms with E-state index in [9.17, 15) is 0 Å². The lowest BCUT2D eigenvalue weighted by molar-refractivity contribution is 0.209. The third-order valence-corrected chi connectivity index (χ3v) is 3.97. The van der Waals surface area contributed by atoms with Crippen LogP contribution in [0.3, 0.4) is 0 Å². The van der Waals surface area contributed by atoms with Crippen LogP contribution < -0.4 is 5.32 Å². The molecule has 102 valence electrons. The summed E-state index contributed by atoms with van der Waals surface area (Å²) in [6, 6.07) is 0.606. The molecule has 0 amide bonds. The third-order valence-electron chi connectivity index (χ3n) is 3.97. The molecule has 0 aromatic rings. The van der Waals surface area contributed by atoms with Crippen LogP contribution in [-0.2, 0) is 0 Å². The zero-order chi connectivity index (χ0) is 12.9. The Labute approximate surface area is 108 Å². The Hall–Kier alpha value is -0.0800. The minimum Gasteiger partial charge on any atom is -0.312 e. The second kappa shape index (κ2) is 6.75. The van der Waals surface area contributed by atoms with Gasteiger partial charge in [-0.1, -0.05) is 26.7 Å². The normalized spacial score (nSPS) is 21.4. The van der Waals surface area contributed by atoms with Gasteiger partial charge in [0, 0.05) is 19.1 Å². The average Bonchev–Trinajstić information content (AvgIpc) is 2.62. The Morgan fingerprint density at radius 2 is 1.71 bits per heavy atom. The molecule has 1 N–H and O–H groups in total. The molecule has 0 radical (unpaired) electrons. The summed E-state index contributed by atoms with van der Waals surface area (Å²) in [5, 5.41) is 3.76. The van der Waals surface area contributed by atoms with E-state index in [0.29, 0.717) is 11.5 Å². The van der Waals surface area contributed by atoms with Gasteiger partial charge in [-0.25, -0.2) is 0 Å². The fourth-order valence-corrected chi connectivity index (χ4v) is 3.45. The van der Waals surface area contributed by atoms with E-state index in [2.05, 4.69) is 45.1 Å². The molecular weight excluding hydrogens is 208 g/mol. The summed E-state index contributed by atoms with van der Waals surface area (Å²) in [7, 11) is 4.30. The van der Waals surface area contributed by atoms with E-state index in [1.165, 1.54) is 38.6 Å². The Bertz CT molecular complexity index is 205. The number of hydrogen-bond donors (Lipinski definition) is 1. The minimum absolute atomic E-state index is 0.606. The van der Waals surface area contributed by atoms with Crippen molar-refractivity contribution in [2.45, 2.75) is 58.9 Å². The first-order valence-corrected chi connectivity index (χ1v) is 7.32. The predicted octanol–water partition coefficient (Wildman–Crippen LogP) is 3.13. The first-order valence-electron chi connectivity index (χ1n) is 7.32. The molecule has 0 aromatic carbocycles. The Balaban J connectivity index is 2.39. The van der Waals surface area contributed by atoms with Gasteiger partial charge in [0.2, 0.25) is 0 Å². The van der Waals surface area contributed by atoms with Crippen molar-refractivity contribution >= 4 is 0 Å². The highest BCUT2D eigenvalue weighted by atomic mass is 15.1. The highest BCUT2D eigenvalue weighted by Gasteiger charge is 2.34. The van der Waals surface area contributed by atoms with E-state index < -0.39 is 0 Å². The molecule has 2 heteroatoms. The topological polar surface area (TPSA) is 15.3 Å². The maximum Gasteiger partial charge on any atom is 0.0166 e. The van der Waals surface area contributed by atoms with Crippen LogP contribution in [0.15, 0.2) is 0 Å². The molecule has 1 aliphatic rings. The molecule has 1 aliphatic carbocycles. The second-order valence-electron chi connectivity index (χ2n) is 6.85.